The number of carboxylic acid groups (broad SMARTS) is 2. The number of piperidine rings is 1. The summed E-state index contributed by atoms with van der Waals surface area (Å²) in [4.78, 5) is 20.6. The third kappa shape index (κ3) is 4.94. The van der Waals surface area contributed by atoms with Crippen molar-refractivity contribution in [3.05, 3.63) is 30.0 Å². The van der Waals surface area contributed by atoms with Crippen molar-refractivity contribution in [2.45, 2.75) is 18.8 Å². The topological polar surface area (TPSA) is 134 Å². The average molecular weight is 352 g/mol. The van der Waals surface area contributed by atoms with E-state index in [1.54, 1.807) is 6.07 Å². The van der Waals surface area contributed by atoms with Crippen molar-refractivity contribution in [1.29, 1.82) is 0 Å². The Bertz CT molecular complexity index is 735. The van der Waals surface area contributed by atoms with Crippen LogP contribution in [0, 0.1) is 0 Å². The van der Waals surface area contributed by atoms with Crippen molar-refractivity contribution in [2.24, 2.45) is 7.05 Å². The Morgan fingerprint density at radius 2 is 1.64 bits per heavy atom. The SMILES string of the molecule is CN1CCC(c2cn(C)c3ccc(O)cc23)CC1.O.O=C(O)C(=O)O. The lowest BCUT2D eigenvalue weighted by Gasteiger charge is -2.28. The molecule has 2 aromatic rings. The van der Waals surface area contributed by atoms with Crippen LogP contribution in [0.5, 0.6) is 5.75 Å². The van der Waals surface area contributed by atoms with Crippen LogP contribution in [0.1, 0.15) is 24.3 Å². The van der Waals surface area contributed by atoms with Crippen LogP contribution in [0.25, 0.3) is 10.9 Å². The minimum absolute atomic E-state index is 0. The third-order valence-corrected chi connectivity index (χ3v) is 4.35. The second-order valence-corrected chi connectivity index (χ2v) is 6.08. The molecule has 0 amide bonds. The van der Waals surface area contributed by atoms with Gasteiger partial charge >= 0.3 is 11.9 Å². The molecule has 8 heteroatoms. The molecule has 0 spiro atoms. The molecule has 1 aliphatic rings. The minimum atomic E-state index is -1.82. The molecule has 0 unspecified atom stereocenters. The fraction of sp³-hybridized carbons (Fsp3) is 0.412. The Kier molecular flexibility index (Phi) is 6.96. The molecule has 1 saturated heterocycles. The molecule has 0 bridgehead atoms. The zero-order chi connectivity index (χ0) is 17.9. The van der Waals surface area contributed by atoms with Crippen LogP contribution >= 0.6 is 0 Å². The lowest BCUT2D eigenvalue weighted by atomic mass is 9.89. The lowest BCUT2D eigenvalue weighted by molar-refractivity contribution is -0.159. The molecule has 1 aromatic heterocycles. The molecule has 3 rings (SSSR count). The Hall–Kier alpha value is -2.58. The highest BCUT2D eigenvalue weighted by Crippen LogP contribution is 2.35. The van der Waals surface area contributed by atoms with Crippen LogP contribution in [-0.4, -0.2) is 62.3 Å². The molecular weight excluding hydrogens is 328 g/mol. The normalized spacial score (nSPS) is 15.1. The van der Waals surface area contributed by atoms with E-state index < -0.39 is 11.9 Å². The Labute approximate surface area is 145 Å². The summed E-state index contributed by atoms with van der Waals surface area (Å²) in [5, 5.41) is 25.7. The molecule has 0 aliphatic carbocycles. The number of carboxylic acids is 2. The molecule has 0 radical (unpaired) electrons. The summed E-state index contributed by atoms with van der Waals surface area (Å²) in [6.45, 7) is 2.33. The molecule has 1 fully saturated rings. The number of hydrogen-bond donors (Lipinski definition) is 3. The fourth-order valence-electron chi connectivity index (χ4n) is 3.06. The van der Waals surface area contributed by atoms with Crippen molar-refractivity contribution in [3.8, 4) is 5.75 Å². The fourth-order valence-corrected chi connectivity index (χ4v) is 3.06. The highest BCUT2D eigenvalue weighted by atomic mass is 16.4. The highest BCUT2D eigenvalue weighted by Gasteiger charge is 2.21. The van der Waals surface area contributed by atoms with E-state index in [2.05, 4.69) is 29.8 Å². The van der Waals surface area contributed by atoms with Gasteiger partial charge in [0.1, 0.15) is 5.75 Å². The van der Waals surface area contributed by atoms with Crippen LogP contribution in [0.4, 0.5) is 0 Å². The standard InChI is InChI=1S/C15H20N2O.C2H2O4.H2O/c1-16-7-5-11(6-8-16)14-10-17(2)15-4-3-12(18)9-13(14)15;3-1(4)2(5)6;/h3-4,9-11,18H,5-8H2,1-2H3;(H,3,4)(H,5,6);1H2. The number of fused-ring (bicyclic) bond motifs is 1. The second kappa shape index (κ2) is 8.50. The minimum Gasteiger partial charge on any atom is -0.508 e. The van der Waals surface area contributed by atoms with E-state index in [-0.39, 0.29) is 5.48 Å². The average Bonchev–Trinajstić information content (AvgIpc) is 2.85. The van der Waals surface area contributed by atoms with E-state index in [0.717, 1.165) is 0 Å². The number of nitrogens with zero attached hydrogens (tertiary/aromatic N) is 2. The molecule has 1 aliphatic heterocycles. The van der Waals surface area contributed by atoms with E-state index in [1.165, 1.54) is 42.4 Å². The molecule has 2 heterocycles. The zero-order valence-corrected chi connectivity index (χ0v) is 14.3. The van der Waals surface area contributed by atoms with Gasteiger partial charge in [-0.1, -0.05) is 0 Å². The van der Waals surface area contributed by atoms with Crippen LogP contribution in [0.15, 0.2) is 24.4 Å². The third-order valence-electron chi connectivity index (χ3n) is 4.35. The first-order chi connectivity index (χ1) is 11.3. The van der Waals surface area contributed by atoms with Crippen LogP contribution in [0.3, 0.4) is 0 Å². The maximum Gasteiger partial charge on any atom is 0.414 e. The maximum atomic E-state index is 9.69. The predicted octanol–water partition coefficient (Wildman–Crippen LogP) is 1.02. The Morgan fingerprint density at radius 1 is 1.08 bits per heavy atom. The summed E-state index contributed by atoms with van der Waals surface area (Å²) in [6.07, 6.45) is 4.66. The van der Waals surface area contributed by atoms with Crippen molar-refractivity contribution < 1.29 is 30.4 Å². The number of phenols is 1. The zero-order valence-electron chi connectivity index (χ0n) is 14.3. The van der Waals surface area contributed by atoms with Crippen molar-refractivity contribution in [1.82, 2.24) is 9.47 Å². The molecule has 138 valence electrons. The summed E-state index contributed by atoms with van der Waals surface area (Å²) in [6, 6.07) is 5.67. The summed E-state index contributed by atoms with van der Waals surface area (Å²) >= 11 is 0. The van der Waals surface area contributed by atoms with Gasteiger partial charge in [-0.3, -0.25) is 0 Å². The van der Waals surface area contributed by atoms with Gasteiger partial charge in [-0.25, -0.2) is 9.59 Å². The monoisotopic (exact) mass is 352 g/mol. The van der Waals surface area contributed by atoms with Crippen LogP contribution in [-0.2, 0) is 16.6 Å². The van der Waals surface area contributed by atoms with Crippen molar-refractivity contribution >= 4 is 22.8 Å². The first-order valence-corrected chi connectivity index (χ1v) is 7.72. The van der Waals surface area contributed by atoms with Gasteiger partial charge in [0.2, 0.25) is 0 Å². The molecule has 5 N–H and O–H groups in total. The largest absolute Gasteiger partial charge is 0.508 e. The number of aromatic nitrogens is 1. The van der Waals surface area contributed by atoms with Crippen molar-refractivity contribution in [2.75, 3.05) is 20.1 Å². The first kappa shape index (κ1) is 20.5. The van der Waals surface area contributed by atoms with E-state index in [9.17, 15) is 5.11 Å². The van der Waals surface area contributed by atoms with Gasteiger partial charge in [0, 0.05) is 24.1 Å². The smallest absolute Gasteiger partial charge is 0.414 e. The summed E-state index contributed by atoms with van der Waals surface area (Å²) in [5.41, 5.74) is 2.61. The summed E-state index contributed by atoms with van der Waals surface area (Å²) < 4.78 is 2.17. The van der Waals surface area contributed by atoms with Gasteiger partial charge in [-0.05, 0) is 62.7 Å². The number of hydrogen-bond acceptors (Lipinski definition) is 4. The second-order valence-electron chi connectivity index (χ2n) is 6.08. The molecule has 0 saturated carbocycles. The molecule has 0 atom stereocenters. The van der Waals surface area contributed by atoms with Gasteiger partial charge < -0.3 is 30.3 Å². The molecule has 25 heavy (non-hydrogen) atoms. The first-order valence-electron chi connectivity index (χ1n) is 7.72. The molecular formula is C17H24N2O6. The van der Waals surface area contributed by atoms with E-state index in [1.807, 2.05) is 12.1 Å². The maximum absolute atomic E-state index is 9.69. The number of carbonyl (C=O) groups is 2. The number of aliphatic carboxylic acids is 2. The number of phenolic OH excluding ortho intramolecular Hbond substituents is 1. The van der Waals surface area contributed by atoms with E-state index in [0.29, 0.717) is 11.7 Å². The molecule has 1 aromatic carbocycles. The van der Waals surface area contributed by atoms with Crippen molar-refractivity contribution in [3.63, 3.8) is 0 Å². The van der Waals surface area contributed by atoms with E-state index in [4.69, 9.17) is 19.8 Å². The van der Waals surface area contributed by atoms with Crippen LogP contribution < -0.4 is 0 Å². The van der Waals surface area contributed by atoms with Gasteiger partial charge in [-0.2, -0.15) is 0 Å². The number of aromatic hydroxyl groups is 1. The van der Waals surface area contributed by atoms with Gasteiger partial charge in [0.05, 0.1) is 0 Å². The quantitative estimate of drug-likeness (QED) is 0.656. The molecule has 8 nitrogen and oxygen atoms in total. The predicted molar refractivity (Wildman–Crippen MR) is 92.9 cm³/mol. The summed E-state index contributed by atoms with van der Waals surface area (Å²) in [5.74, 6) is -2.65. The summed E-state index contributed by atoms with van der Waals surface area (Å²) in [7, 11) is 4.27. The number of likely N-dealkylation sites (tertiary alicyclic amines) is 1. The van der Waals surface area contributed by atoms with E-state index >= 15 is 0 Å². The lowest BCUT2D eigenvalue weighted by Crippen LogP contribution is -2.29. The van der Waals surface area contributed by atoms with Gasteiger partial charge in [0.15, 0.2) is 0 Å². The van der Waals surface area contributed by atoms with Gasteiger partial charge in [-0.15, -0.1) is 0 Å². The Morgan fingerprint density at radius 3 is 2.16 bits per heavy atom. The van der Waals surface area contributed by atoms with Crippen LogP contribution in [0.2, 0.25) is 0 Å². The number of rotatable bonds is 1. The Balaban J connectivity index is 0.000000390. The number of benzene rings is 1. The highest BCUT2D eigenvalue weighted by molar-refractivity contribution is 6.27. The number of aryl methyl sites for hydroxylation is 1. The van der Waals surface area contributed by atoms with Gasteiger partial charge in [0.25, 0.3) is 0 Å².